The van der Waals surface area contributed by atoms with Crippen LogP contribution in [0.1, 0.15) is 21.6 Å². The van der Waals surface area contributed by atoms with Gasteiger partial charge in [0, 0.05) is 0 Å². The summed E-state index contributed by atoms with van der Waals surface area (Å²) < 4.78 is 38.3. The van der Waals surface area contributed by atoms with E-state index in [0.717, 1.165) is 12.1 Å². The first-order chi connectivity index (χ1) is 8.86. The molecule has 1 aromatic carbocycles. The third kappa shape index (κ3) is 3.09. The second kappa shape index (κ2) is 4.71. The molecule has 0 atom stereocenters. The van der Waals surface area contributed by atoms with Crippen LogP contribution in [-0.4, -0.2) is 26.1 Å². The van der Waals surface area contributed by atoms with Crippen molar-refractivity contribution in [3.8, 4) is 0 Å². The standard InChI is InChI=1S/C11H8F3N3O2/c12-11(13,14)8-3-1-7(2-4-8)5-17-6-9(10(18)19)15-16-17/h1-4,6H,5H2,(H,18,19). The summed E-state index contributed by atoms with van der Waals surface area (Å²) in [6.45, 7) is 0.151. The first kappa shape index (κ1) is 13.1. The molecule has 0 amide bonds. The number of nitrogens with zero attached hydrogens (tertiary/aromatic N) is 3. The zero-order chi connectivity index (χ0) is 14.0. The topological polar surface area (TPSA) is 68.0 Å². The molecule has 100 valence electrons. The van der Waals surface area contributed by atoms with Crippen LogP contribution in [0, 0.1) is 0 Å². The molecular formula is C11H8F3N3O2. The van der Waals surface area contributed by atoms with Gasteiger partial charge < -0.3 is 5.11 Å². The largest absolute Gasteiger partial charge is 0.476 e. The maximum atomic E-state index is 12.3. The molecule has 0 unspecified atom stereocenters. The lowest BCUT2D eigenvalue weighted by molar-refractivity contribution is -0.137. The van der Waals surface area contributed by atoms with Crippen LogP contribution in [-0.2, 0) is 12.7 Å². The first-order valence-electron chi connectivity index (χ1n) is 5.16. The summed E-state index contributed by atoms with van der Waals surface area (Å²) in [5.74, 6) is -1.21. The van der Waals surface area contributed by atoms with Gasteiger partial charge in [-0.2, -0.15) is 13.2 Å². The van der Waals surface area contributed by atoms with Crippen LogP contribution in [0.2, 0.25) is 0 Å². The molecule has 1 heterocycles. The van der Waals surface area contributed by atoms with Crippen LogP contribution in [0.4, 0.5) is 13.2 Å². The predicted octanol–water partition coefficient (Wildman–Crippen LogP) is 2.04. The van der Waals surface area contributed by atoms with Gasteiger partial charge in [0.15, 0.2) is 5.69 Å². The quantitative estimate of drug-likeness (QED) is 0.927. The fourth-order valence-corrected chi connectivity index (χ4v) is 1.46. The second-order valence-corrected chi connectivity index (χ2v) is 3.80. The smallest absolute Gasteiger partial charge is 0.416 e. The number of aromatic nitrogens is 3. The number of carboxylic acids is 1. The molecule has 0 saturated carbocycles. The monoisotopic (exact) mass is 271 g/mol. The zero-order valence-corrected chi connectivity index (χ0v) is 9.42. The van der Waals surface area contributed by atoms with E-state index in [9.17, 15) is 18.0 Å². The highest BCUT2D eigenvalue weighted by Crippen LogP contribution is 2.29. The summed E-state index contributed by atoms with van der Waals surface area (Å²) in [7, 11) is 0. The Bertz CT molecular complexity index is 590. The van der Waals surface area contributed by atoms with Crippen LogP contribution in [0.5, 0.6) is 0 Å². The average Bonchev–Trinajstić information content (AvgIpc) is 2.77. The van der Waals surface area contributed by atoms with Gasteiger partial charge in [0.2, 0.25) is 0 Å². The molecule has 1 aromatic heterocycles. The van der Waals surface area contributed by atoms with Gasteiger partial charge in [0.25, 0.3) is 0 Å². The molecule has 0 aliphatic rings. The first-order valence-corrected chi connectivity index (χ1v) is 5.16. The summed E-state index contributed by atoms with van der Waals surface area (Å²) in [6.07, 6.45) is -3.16. The lowest BCUT2D eigenvalue weighted by Crippen LogP contribution is -2.06. The molecule has 0 aliphatic heterocycles. The van der Waals surface area contributed by atoms with Crippen molar-refractivity contribution in [3.63, 3.8) is 0 Å². The van der Waals surface area contributed by atoms with Crippen LogP contribution < -0.4 is 0 Å². The van der Waals surface area contributed by atoms with Crippen LogP contribution in [0.25, 0.3) is 0 Å². The van der Waals surface area contributed by atoms with E-state index in [1.165, 1.54) is 23.0 Å². The number of alkyl halides is 3. The third-order valence-electron chi connectivity index (χ3n) is 2.38. The van der Waals surface area contributed by atoms with Crippen molar-refractivity contribution in [1.29, 1.82) is 0 Å². The minimum absolute atomic E-state index is 0.151. The molecule has 0 spiro atoms. The number of hydrogen-bond donors (Lipinski definition) is 1. The van der Waals surface area contributed by atoms with E-state index in [1.54, 1.807) is 0 Å². The van der Waals surface area contributed by atoms with Gasteiger partial charge in [-0.3, -0.25) is 0 Å². The molecule has 8 heteroatoms. The van der Waals surface area contributed by atoms with Crippen molar-refractivity contribution in [2.75, 3.05) is 0 Å². The van der Waals surface area contributed by atoms with Crippen LogP contribution in [0.3, 0.4) is 0 Å². The Hall–Kier alpha value is -2.38. The SMILES string of the molecule is O=C(O)c1cn(Cc2ccc(C(F)(F)F)cc2)nn1. The highest BCUT2D eigenvalue weighted by Gasteiger charge is 2.29. The Balaban J connectivity index is 2.13. The Morgan fingerprint density at radius 3 is 2.37 bits per heavy atom. The highest BCUT2D eigenvalue weighted by atomic mass is 19.4. The molecule has 5 nitrogen and oxygen atoms in total. The van der Waals surface area contributed by atoms with Gasteiger partial charge in [-0.15, -0.1) is 5.10 Å². The predicted molar refractivity (Wildman–Crippen MR) is 57.5 cm³/mol. The van der Waals surface area contributed by atoms with E-state index in [1.807, 2.05) is 0 Å². The molecule has 0 radical (unpaired) electrons. The zero-order valence-electron chi connectivity index (χ0n) is 9.42. The van der Waals surface area contributed by atoms with E-state index in [2.05, 4.69) is 10.3 Å². The molecule has 2 rings (SSSR count). The van der Waals surface area contributed by atoms with Crippen LogP contribution in [0.15, 0.2) is 30.5 Å². The number of benzene rings is 1. The van der Waals surface area contributed by atoms with Crippen molar-refractivity contribution in [3.05, 3.63) is 47.3 Å². The van der Waals surface area contributed by atoms with Gasteiger partial charge in [-0.25, -0.2) is 9.48 Å². The van der Waals surface area contributed by atoms with Crippen LogP contribution >= 0.6 is 0 Å². The summed E-state index contributed by atoms with van der Waals surface area (Å²) in [5, 5.41) is 15.6. The van der Waals surface area contributed by atoms with Gasteiger partial charge in [0.1, 0.15) is 0 Å². The van der Waals surface area contributed by atoms with E-state index >= 15 is 0 Å². The Morgan fingerprint density at radius 1 is 1.26 bits per heavy atom. The lowest BCUT2D eigenvalue weighted by atomic mass is 10.1. The maximum absolute atomic E-state index is 12.3. The highest BCUT2D eigenvalue weighted by molar-refractivity contribution is 5.84. The Morgan fingerprint density at radius 2 is 1.89 bits per heavy atom. The Kier molecular flexibility index (Phi) is 3.24. The minimum Gasteiger partial charge on any atom is -0.476 e. The van der Waals surface area contributed by atoms with Crippen molar-refractivity contribution in [2.24, 2.45) is 0 Å². The second-order valence-electron chi connectivity index (χ2n) is 3.80. The number of aromatic carboxylic acids is 1. The number of rotatable bonds is 3. The summed E-state index contributed by atoms with van der Waals surface area (Å²) in [6, 6.07) is 4.55. The number of hydrogen-bond acceptors (Lipinski definition) is 3. The normalized spacial score (nSPS) is 11.5. The molecule has 0 saturated heterocycles. The summed E-state index contributed by atoms with van der Waals surface area (Å²) in [4.78, 5) is 10.6. The van der Waals surface area contributed by atoms with Crippen molar-refractivity contribution in [1.82, 2.24) is 15.0 Å². The fourth-order valence-electron chi connectivity index (χ4n) is 1.46. The van der Waals surface area contributed by atoms with Crippen molar-refractivity contribution in [2.45, 2.75) is 12.7 Å². The van der Waals surface area contributed by atoms with E-state index in [4.69, 9.17) is 5.11 Å². The number of halogens is 3. The third-order valence-corrected chi connectivity index (χ3v) is 2.38. The fraction of sp³-hybridized carbons (Fsp3) is 0.182. The van der Waals surface area contributed by atoms with Crippen molar-refractivity contribution >= 4 is 5.97 Å². The van der Waals surface area contributed by atoms with Gasteiger partial charge >= 0.3 is 12.1 Å². The number of carboxylic acid groups (broad SMARTS) is 1. The van der Waals surface area contributed by atoms with E-state index in [-0.39, 0.29) is 12.2 Å². The maximum Gasteiger partial charge on any atom is 0.416 e. The lowest BCUT2D eigenvalue weighted by Gasteiger charge is -2.07. The van der Waals surface area contributed by atoms with Gasteiger partial charge in [-0.1, -0.05) is 17.3 Å². The van der Waals surface area contributed by atoms with E-state index in [0.29, 0.717) is 5.56 Å². The summed E-state index contributed by atoms with van der Waals surface area (Å²) in [5.41, 5.74) is -0.386. The molecule has 1 N–H and O–H groups in total. The molecule has 0 bridgehead atoms. The van der Waals surface area contributed by atoms with Gasteiger partial charge in [-0.05, 0) is 17.7 Å². The Labute approximate surface area is 105 Å². The summed E-state index contributed by atoms with van der Waals surface area (Å²) >= 11 is 0. The van der Waals surface area contributed by atoms with Gasteiger partial charge in [0.05, 0.1) is 18.3 Å². The molecule has 0 aliphatic carbocycles. The molecule has 2 aromatic rings. The minimum atomic E-state index is -4.37. The van der Waals surface area contributed by atoms with E-state index < -0.39 is 17.7 Å². The molecule has 19 heavy (non-hydrogen) atoms. The van der Waals surface area contributed by atoms with Crippen molar-refractivity contribution < 1.29 is 23.1 Å². The number of carbonyl (C=O) groups is 1. The molecule has 0 fully saturated rings. The molecular weight excluding hydrogens is 263 g/mol. The average molecular weight is 271 g/mol.